The molecule has 0 aliphatic rings. The van der Waals surface area contributed by atoms with Gasteiger partial charge in [-0.3, -0.25) is 4.79 Å². The summed E-state index contributed by atoms with van der Waals surface area (Å²) in [6.45, 7) is 8.97. The number of aromatic nitrogens is 1. The van der Waals surface area contributed by atoms with Gasteiger partial charge in [-0.15, -0.1) is 0 Å². The summed E-state index contributed by atoms with van der Waals surface area (Å²) >= 11 is 0. The molecule has 0 aliphatic heterocycles. The van der Waals surface area contributed by atoms with E-state index in [1.807, 2.05) is 20.8 Å². The summed E-state index contributed by atoms with van der Waals surface area (Å²) in [5.41, 5.74) is 0.106. The first-order valence-corrected chi connectivity index (χ1v) is 10.6. The molecule has 1 heterocycles. The van der Waals surface area contributed by atoms with Gasteiger partial charge in [0.05, 0.1) is 24.5 Å². The van der Waals surface area contributed by atoms with Crippen molar-refractivity contribution in [2.75, 3.05) is 19.0 Å². The fourth-order valence-corrected chi connectivity index (χ4v) is 3.86. The van der Waals surface area contributed by atoms with Gasteiger partial charge in [0.15, 0.2) is 15.6 Å². The van der Waals surface area contributed by atoms with Gasteiger partial charge in [0.25, 0.3) is 0 Å². The lowest BCUT2D eigenvalue weighted by Gasteiger charge is -2.23. The molecule has 0 aliphatic carbocycles. The Morgan fingerprint density at radius 1 is 1.21 bits per heavy atom. The summed E-state index contributed by atoms with van der Waals surface area (Å²) in [6.07, 6.45) is -6.55. The van der Waals surface area contributed by atoms with Crippen molar-refractivity contribution in [1.82, 2.24) is 5.16 Å². The first-order valence-electron chi connectivity index (χ1n) is 8.98. The fraction of sp³-hybridized carbons (Fsp3) is 0.778. The SMILES string of the molecule is CCOCC(C)(C)c1cc(CC(=O)C(C)(C)S(=O)(=O)CCCC(F)(F)F)on1. The molecular weight excluding hydrogens is 399 g/mol. The first kappa shape index (κ1) is 24.6. The van der Waals surface area contributed by atoms with Crippen LogP contribution in [0.5, 0.6) is 0 Å². The van der Waals surface area contributed by atoms with Crippen LogP contribution >= 0.6 is 0 Å². The van der Waals surface area contributed by atoms with Gasteiger partial charge in [0.1, 0.15) is 10.5 Å². The normalized spacial score (nSPS) is 13.7. The number of halogens is 3. The predicted octanol–water partition coefficient (Wildman–Crippen LogP) is 3.64. The monoisotopic (exact) mass is 427 g/mol. The Labute approximate surface area is 163 Å². The Balaban J connectivity index is 2.83. The number of nitrogens with zero attached hydrogens (tertiary/aromatic N) is 1. The molecule has 1 aromatic heterocycles. The molecule has 162 valence electrons. The molecule has 0 atom stereocenters. The number of ketones is 1. The molecule has 0 N–H and O–H groups in total. The number of sulfone groups is 1. The molecule has 0 amide bonds. The number of hydrogen-bond donors (Lipinski definition) is 0. The van der Waals surface area contributed by atoms with Crippen molar-refractivity contribution < 1.29 is 35.6 Å². The van der Waals surface area contributed by atoms with E-state index in [0.29, 0.717) is 18.9 Å². The molecule has 1 aromatic rings. The number of ether oxygens (including phenoxy) is 1. The van der Waals surface area contributed by atoms with Crippen LogP contribution < -0.4 is 0 Å². The third-order valence-electron chi connectivity index (χ3n) is 4.58. The first-order chi connectivity index (χ1) is 12.6. The highest BCUT2D eigenvalue weighted by molar-refractivity contribution is 7.93. The second-order valence-electron chi connectivity index (χ2n) is 7.85. The van der Waals surface area contributed by atoms with Crippen molar-refractivity contribution in [1.29, 1.82) is 0 Å². The van der Waals surface area contributed by atoms with Crippen molar-refractivity contribution in [3.05, 3.63) is 17.5 Å². The Kier molecular flexibility index (Phi) is 7.86. The highest BCUT2D eigenvalue weighted by Crippen LogP contribution is 2.27. The molecule has 10 heteroatoms. The van der Waals surface area contributed by atoms with Crippen molar-refractivity contribution in [3.63, 3.8) is 0 Å². The minimum absolute atomic E-state index is 0.197. The van der Waals surface area contributed by atoms with Gasteiger partial charge >= 0.3 is 6.18 Å². The molecular formula is C18H28F3NO5S. The van der Waals surface area contributed by atoms with E-state index in [1.165, 1.54) is 13.8 Å². The van der Waals surface area contributed by atoms with Crippen molar-refractivity contribution in [2.24, 2.45) is 0 Å². The van der Waals surface area contributed by atoms with Crippen LogP contribution in [0.2, 0.25) is 0 Å². The predicted molar refractivity (Wildman–Crippen MR) is 97.9 cm³/mol. The summed E-state index contributed by atoms with van der Waals surface area (Å²) in [5.74, 6) is -1.18. The van der Waals surface area contributed by atoms with Gasteiger partial charge in [0, 0.05) is 24.5 Å². The molecule has 0 fully saturated rings. The average Bonchev–Trinajstić information content (AvgIpc) is 3.00. The zero-order valence-corrected chi connectivity index (χ0v) is 17.7. The van der Waals surface area contributed by atoms with Gasteiger partial charge in [-0.2, -0.15) is 13.2 Å². The molecule has 0 saturated carbocycles. The third-order valence-corrected chi connectivity index (χ3v) is 7.19. The minimum atomic E-state index is -4.44. The van der Waals surface area contributed by atoms with Crippen molar-refractivity contribution in [3.8, 4) is 0 Å². The van der Waals surface area contributed by atoms with Crippen molar-refractivity contribution >= 4 is 15.6 Å². The fourth-order valence-electron chi connectivity index (χ4n) is 2.41. The number of carbonyl (C=O) groups is 1. The van der Waals surface area contributed by atoms with E-state index in [4.69, 9.17) is 9.26 Å². The summed E-state index contributed by atoms with van der Waals surface area (Å²) in [7, 11) is -4.07. The lowest BCUT2D eigenvalue weighted by Crippen LogP contribution is -2.43. The van der Waals surface area contributed by atoms with Crippen LogP contribution in [-0.2, 0) is 31.2 Å². The molecule has 6 nitrogen and oxygen atoms in total. The number of alkyl halides is 3. The summed E-state index contributed by atoms with van der Waals surface area (Å²) in [4.78, 5) is 12.6. The van der Waals surface area contributed by atoms with Crippen LogP contribution in [0.25, 0.3) is 0 Å². The smallest absolute Gasteiger partial charge is 0.381 e. The quantitative estimate of drug-likeness (QED) is 0.536. The molecule has 0 aromatic carbocycles. The Morgan fingerprint density at radius 2 is 1.82 bits per heavy atom. The standard InChI is InChI=1S/C18H28F3NO5S/c1-6-26-12-16(2,3)14-10-13(27-22-14)11-15(23)17(4,5)28(24,25)9-7-8-18(19,20)21/h10H,6-9,11-12H2,1-5H3. The largest absolute Gasteiger partial charge is 0.389 e. The maximum Gasteiger partial charge on any atom is 0.389 e. The number of hydrogen-bond acceptors (Lipinski definition) is 6. The second kappa shape index (κ2) is 8.94. The van der Waals surface area contributed by atoms with Gasteiger partial charge < -0.3 is 9.26 Å². The van der Waals surface area contributed by atoms with Crippen molar-refractivity contribution in [2.45, 2.75) is 70.2 Å². The molecule has 0 spiro atoms. The number of rotatable bonds is 11. The number of carbonyl (C=O) groups excluding carboxylic acids is 1. The van der Waals surface area contributed by atoms with E-state index in [9.17, 15) is 26.4 Å². The summed E-state index contributed by atoms with van der Waals surface area (Å²) in [6, 6.07) is 1.57. The highest BCUT2D eigenvalue weighted by Gasteiger charge is 2.42. The Morgan fingerprint density at radius 3 is 2.36 bits per heavy atom. The van der Waals surface area contributed by atoms with E-state index < -0.39 is 50.6 Å². The zero-order chi connectivity index (χ0) is 21.8. The number of Topliss-reactive ketones (excluding diaryl/α,β-unsaturated/α-hetero) is 1. The molecule has 28 heavy (non-hydrogen) atoms. The topological polar surface area (TPSA) is 86.5 Å². The van der Waals surface area contributed by atoms with E-state index >= 15 is 0 Å². The molecule has 0 bridgehead atoms. The van der Waals surface area contributed by atoms with Gasteiger partial charge in [-0.1, -0.05) is 19.0 Å². The highest BCUT2D eigenvalue weighted by atomic mass is 32.2. The van der Waals surface area contributed by atoms with Gasteiger partial charge in [0.2, 0.25) is 0 Å². The third kappa shape index (κ3) is 6.58. The lowest BCUT2D eigenvalue weighted by molar-refractivity contribution is -0.134. The summed E-state index contributed by atoms with van der Waals surface area (Å²) < 4.78 is 70.3. The van der Waals surface area contributed by atoms with Gasteiger partial charge in [-0.05, 0) is 27.2 Å². The maximum absolute atomic E-state index is 12.6. The van der Waals surface area contributed by atoms with Gasteiger partial charge in [-0.25, -0.2) is 8.42 Å². The lowest BCUT2D eigenvalue weighted by atomic mass is 9.90. The van der Waals surface area contributed by atoms with Crippen LogP contribution in [0, 0.1) is 0 Å². The van der Waals surface area contributed by atoms with Crippen LogP contribution in [0.15, 0.2) is 10.6 Å². The average molecular weight is 427 g/mol. The van der Waals surface area contributed by atoms with E-state index in [1.54, 1.807) is 6.07 Å². The molecule has 0 saturated heterocycles. The van der Waals surface area contributed by atoms with E-state index in [0.717, 1.165) is 0 Å². The van der Waals surface area contributed by atoms with Crippen LogP contribution in [0.4, 0.5) is 13.2 Å². The summed E-state index contributed by atoms with van der Waals surface area (Å²) in [5, 5.41) is 3.93. The Bertz CT molecular complexity index is 766. The maximum atomic E-state index is 12.6. The molecule has 0 radical (unpaired) electrons. The van der Waals surface area contributed by atoms with Crippen LogP contribution in [0.1, 0.15) is 58.9 Å². The molecule has 1 rings (SSSR count). The Hall–Kier alpha value is -1.42. The zero-order valence-electron chi connectivity index (χ0n) is 16.9. The minimum Gasteiger partial charge on any atom is -0.381 e. The van der Waals surface area contributed by atoms with E-state index in [-0.39, 0.29) is 12.2 Å². The van der Waals surface area contributed by atoms with Crippen LogP contribution in [-0.4, -0.2) is 49.2 Å². The van der Waals surface area contributed by atoms with Crippen LogP contribution in [0.3, 0.4) is 0 Å². The second-order valence-corrected chi connectivity index (χ2v) is 10.5. The molecule has 0 unspecified atom stereocenters. The van der Waals surface area contributed by atoms with E-state index in [2.05, 4.69) is 5.16 Å².